The molecule has 0 aliphatic heterocycles. The van der Waals surface area contributed by atoms with Gasteiger partial charge in [0.05, 0.1) is 0 Å². The Morgan fingerprint density at radius 2 is 1.54 bits per heavy atom. The number of hydrogen-bond donors (Lipinski definition) is 0. The lowest BCUT2D eigenvalue weighted by Crippen LogP contribution is -2.00. The van der Waals surface area contributed by atoms with Crippen LogP contribution in [0.5, 0.6) is 0 Å². The third-order valence-electron chi connectivity index (χ3n) is 6.86. The maximum absolute atomic E-state index is 6.41. The molecule has 3 heteroatoms. The van der Waals surface area contributed by atoms with Gasteiger partial charge in [-0.1, -0.05) is 79.7 Å². The molecule has 35 heavy (non-hydrogen) atoms. The van der Waals surface area contributed by atoms with Crippen molar-refractivity contribution in [3.8, 4) is 33.7 Å². The van der Waals surface area contributed by atoms with Crippen LogP contribution in [0.15, 0.2) is 106 Å². The predicted molar refractivity (Wildman–Crippen MR) is 142 cm³/mol. The summed E-state index contributed by atoms with van der Waals surface area (Å²) in [7, 11) is 0. The average molecular weight is 454 g/mol. The first-order valence-electron chi connectivity index (χ1n) is 12.0. The van der Waals surface area contributed by atoms with Crippen LogP contribution in [0.1, 0.15) is 18.2 Å². The highest BCUT2D eigenvalue weighted by Crippen LogP contribution is 2.38. The first kappa shape index (κ1) is 20.0. The smallest absolute Gasteiger partial charge is 0.227 e. The molecule has 0 amide bonds. The molecule has 1 atom stereocenters. The Bertz CT molecular complexity index is 1700. The summed E-state index contributed by atoms with van der Waals surface area (Å²) in [6, 6.07) is 31.3. The van der Waals surface area contributed by atoms with Crippen molar-refractivity contribution in [1.82, 2.24) is 4.98 Å². The van der Waals surface area contributed by atoms with E-state index in [2.05, 4.69) is 90.8 Å². The van der Waals surface area contributed by atoms with E-state index in [1.54, 1.807) is 0 Å². The second kappa shape index (κ2) is 7.85. The molecule has 0 N–H and O–H groups in total. The van der Waals surface area contributed by atoms with Crippen LogP contribution in [0, 0.1) is 5.92 Å². The van der Waals surface area contributed by atoms with Crippen LogP contribution in [0.25, 0.3) is 61.9 Å². The Hall–Kier alpha value is -4.37. The van der Waals surface area contributed by atoms with Crippen LogP contribution in [0.2, 0.25) is 0 Å². The van der Waals surface area contributed by atoms with E-state index in [9.17, 15) is 0 Å². The SMILES string of the molecule is CC1C=Cc2c(oc3c(-c4cccc(-c5ccc(-c6nc7ccccc7o6)cc5)c4)cccc23)C1. The molecule has 0 radical (unpaired) electrons. The van der Waals surface area contributed by atoms with E-state index in [1.165, 1.54) is 10.9 Å². The second-order valence-electron chi connectivity index (χ2n) is 9.31. The molecule has 1 aliphatic rings. The van der Waals surface area contributed by atoms with Crippen molar-refractivity contribution in [2.45, 2.75) is 13.3 Å². The number of benzene rings is 4. The van der Waals surface area contributed by atoms with Crippen LogP contribution in [0.3, 0.4) is 0 Å². The molecule has 0 bridgehead atoms. The Morgan fingerprint density at radius 1 is 0.743 bits per heavy atom. The third kappa shape index (κ3) is 3.39. The number of para-hydroxylation sites is 3. The van der Waals surface area contributed by atoms with Crippen molar-refractivity contribution in [1.29, 1.82) is 0 Å². The van der Waals surface area contributed by atoms with Gasteiger partial charge in [0.1, 0.15) is 16.9 Å². The molecule has 1 aliphatic carbocycles. The summed E-state index contributed by atoms with van der Waals surface area (Å²) in [6.45, 7) is 2.23. The van der Waals surface area contributed by atoms with Crippen LogP contribution in [0.4, 0.5) is 0 Å². The minimum absolute atomic E-state index is 0.507. The van der Waals surface area contributed by atoms with Gasteiger partial charge in [0, 0.05) is 28.5 Å². The van der Waals surface area contributed by atoms with Gasteiger partial charge in [-0.15, -0.1) is 0 Å². The molecule has 0 fully saturated rings. The molecule has 0 saturated heterocycles. The van der Waals surface area contributed by atoms with E-state index >= 15 is 0 Å². The van der Waals surface area contributed by atoms with Crippen molar-refractivity contribution >= 4 is 28.1 Å². The van der Waals surface area contributed by atoms with Gasteiger partial charge in [-0.3, -0.25) is 0 Å². The number of nitrogens with zero attached hydrogens (tertiary/aromatic N) is 1. The Morgan fingerprint density at radius 3 is 2.43 bits per heavy atom. The van der Waals surface area contributed by atoms with Crippen LogP contribution >= 0.6 is 0 Å². The zero-order valence-corrected chi connectivity index (χ0v) is 19.4. The molecule has 1 unspecified atom stereocenters. The zero-order valence-electron chi connectivity index (χ0n) is 19.4. The van der Waals surface area contributed by atoms with E-state index in [1.807, 2.05) is 24.3 Å². The van der Waals surface area contributed by atoms with Crippen molar-refractivity contribution in [3.05, 3.63) is 108 Å². The third-order valence-corrected chi connectivity index (χ3v) is 6.86. The zero-order chi connectivity index (χ0) is 23.4. The van der Waals surface area contributed by atoms with Crippen LogP contribution in [-0.2, 0) is 6.42 Å². The molecule has 2 aromatic heterocycles. The van der Waals surface area contributed by atoms with E-state index in [0.717, 1.165) is 56.7 Å². The number of oxazole rings is 1. The minimum Gasteiger partial charge on any atom is -0.460 e. The summed E-state index contributed by atoms with van der Waals surface area (Å²) in [5.41, 5.74) is 9.43. The molecule has 168 valence electrons. The maximum Gasteiger partial charge on any atom is 0.227 e. The maximum atomic E-state index is 6.41. The lowest BCUT2D eigenvalue weighted by molar-refractivity contribution is 0.514. The second-order valence-corrected chi connectivity index (χ2v) is 9.31. The lowest BCUT2D eigenvalue weighted by Gasteiger charge is -2.09. The monoisotopic (exact) mass is 453 g/mol. The van der Waals surface area contributed by atoms with E-state index in [-0.39, 0.29) is 0 Å². The number of allylic oxidation sites excluding steroid dienone is 1. The van der Waals surface area contributed by atoms with Gasteiger partial charge in [0.2, 0.25) is 5.89 Å². The van der Waals surface area contributed by atoms with Crippen molar-refractivity contribution in [2.75, 3.05) is 0 Å². The number of hydrogen-bond acceptors (Lipinski definition) is 3. The standard InChI is InChI=1S/C32H23NO2/c1-20-12-17-26-27-9-5-8-25(31(27)34-30(26)18-20)24-7-4-6-23(19-24)21-13-15-22(16-14-21)32-33-28-10-2-3-11-29(28)35-32/h2-17,19-20H,18H2,1H3. The Kier molecular flexibility index (Phi) is 4.49. The minimum atomic E-state index is 0.507. The summed E-state index contributed by atoms with van der Waals surface area (Å²) < 4.78 is 12.3. The molecule has 7 rings (SSSR count). The summed E-state index contributed by atoms with van der Waals surface area (Å²) in [4.78, 5) is 4.62. The molecular weight excluding hydrogens is 430 g/mol. The highest BCUT2D eigenvalue weighted by Gasteiger charge is 2.20. The summed E-state index contributed by atoms with van der Waals surface area (Å²) in [5, 5.41) is 1.19. The molecule has 4 aromatic carbocycles. The summed E-state index contributed by atoms with van der Waals surface area (Å²) >= 11 is 0. The van der Waals surface area contributed by atoms with Crippen molar-refractivity contribution < 1.29 is 8.83 Å². The van der Waals surface area contributed by atoms with E-state index in [4.69, 9.17) is 8.83 Å². The average Bonchev–Trinajstić information content (AvgIpc) is 3.50. The topological polar surface area (TPSA) is 39.2 Å². The largest absolute Gasteiger partial charge is 0.460 e. The number of furan rings is 1. The first-order valence-corrected chi connectivity index (χ1v) is 12.0. The van der Waals surface area contributed by atoms with Crippen molar-refractivity contribution in [3.63, 3.8) is 0 Å². The van der Waals surface area contributed by atoms with Gasteiger partial charge in [0.15, 0.2) is 5.58 Å². The van der Waals surface area contributed by atoms with Gasteiger partial charge < -0.3 is 8.83 Å². The fraction of sp³-hybridized carbons (Fsp3) is 0.0938. The number of aromatic nitrogens is 1. The van der Waals surface area contributed by atoms with Gasteiger partial charge >= 0.3 is 0 Å². The predicted octanol–water partition coefficient (Wildman–Crippen LogP) is 8.78. The highest BCUT2D eigenvalue weighted by molar-refractivity contribution is 5.99. The van der Waals surface area contributed by atoms with Gasteiger partial charge in [-0.2, -0.15) is 0 Å². The van der Waals surface area contributed by atoms with Crippen molar-refractivity contribution in [2.24, 2.45) is 5.92 Å². The molecule has 6 aromatic rings. The molecule has 0 saturated carbocycles. The van der Waals surface area contributed by atoms with Gasteiger partial charge in [0.25, 0.3) is 0 Å². The first-order chi connectivity index (χ1) is 17.2. The Labute approximate surface area is 203 Å². The van der Waals surface area contributed by atoms with Gasteiger partial charge in [-0.05, 0) is 52.9 Å². The number of fused-ring (bicyclic) bond motifs is 4. The lowest BCUT2D eigenvalue weighted by atomic mass is 9.94. The molecule has 0 spiro atoms. The number of rotatable bonds is 3. The fourth-order valence-corrected chi connectivity index (χ4v) is 5.04. The van der Waals surface area contributed by atoms with Crippen LogP contribution < -0.4 is 0 Å². The quantitative estimate of drug-likeness (QED) is 0.269. The summed E-state index contributed by atoms with van der Waals surface area (Å²) in [6.07, 6.45) is 5.44. The van der Waals surface area contributed by atoms with Gasteiger partial charge in [-0.25, -0.2) is 4.98 Å². The highest BCUT2D eigenvalue weighted by atomic mass is 16.3. The molecular formula is C32H23NO2. The van der Waals surface area contributed by atoms with Crippen LogP contribution in [-0.4, -0.2) is 4.98 Å². The normalized spacial score (nSPS) is 15.1. The van der Waals surface area contributed by atoms with E-state index in [0.29, 0.717) is 11.8 Å². The Balaban J connectivity index is 1.25. The fourth-order valence-electron chi connectivity index (χ4n) is 5.04. The molecule has 2 heterocycles. The molecule has 3 nitrogen and oxygen atoms in total. The van der Waals surface area contributed by atoms with E-state index < -0.39 is 0 Å². The summed E-state index contributed by atoms with van der Waals surface area (Å²) in [5.74, 6) is 2.24.